The Kier molecular flexibility index (Phi) is 9.38. The maximum Gasteiger partial charge on any atom is 0.254 e. The highest BCUT2D eigenvalue weighted by atomic mass is 19.1. The van der Waals surface area contributed by atoms with Gasteiger partial charge in [-0.05, 0) is 97.2 Å². The first-order valence-corrected chi connectivity index (χ1v) is 15.6. The monoisotopic (exact) mass is 593 g/mol. The summed E-state index contributed by atoms with van der Waals surface area (Å²) >= 11 is 0. The topological polar surface area (TPSA) is 45.7 Å². The molecule has 6 heteroatoms. The molecule has 5 nitrogen and oxygen atoms in total. The van der Waals surface area contributed by atoms with E-state index in [0.29, 0.717) is 29.8 Å². The average molecular weight is 594 g/mol. The molecule has 230 valence electrons. The first kappa shape index (κ1) is 31.2. The van der Waals surface area contributed by atoms with E-state index >= 15 is 0 Å². The molecular formula is C38H44FN3O2. The lowest BCUT2D eigenvalue weighted by atomic mass is 9.82. The molecular weight excluding hydrogens is 549 g/mol. The van der Waals surface area contributed by atoms with Crippen molar-refractivity contribution in [1.29, 1.82) is 0 Å². The summed E-state index contributed by atoms with van der Waals surface area (Å²) in [4.78, 5) is 23.1. The molecule has 1 amide bonds. The number of carbonyl (C=O) groups is 1. The van der Waals surface area contributed by atoms with Crippen molar-refractivity contribution in [1.82, 2.24) is 9.88 Å². The van der Waals surface area contributed by atoms with Crippen LogP contribution in [0.25, 0.3) is 11.1 Å². The summed E-state index contributed by atoms with van der Waals surface area (Å²) in [6.45, 7) is 14.1. The molecule has 2 heterocycles. The van der Waals surface area contributed by atoms with Gasteiger partial charge in [-0.2, -0.15) is 0 Å². The number of nitrogens with zero attached hydrogens (tertiary/aromatic N) is 3. The van der Waals surface area contributed by atoms with E-state index < -0.39 is 0 Å². The fraction of sp³-hybridized carbons (Fsp3) is 0.368. The highest BCUT2D eigenvalue weighted by Crippen LogP contribution is 2.41. The van der Waals surface area contributed by atoms with Crippen LogP contribution in [0.4, 0.5) is 10.1 Å². The van der Waals surface area contributed by atoms with Crippen molar-refractivity contribution in [3.8, 4) is 16.9 Å². The number of anilines is 1. The van der Waals surface area contributed by atoms with E-state index in [1.165, 1.54) is 41.8 Å². The van der Waals surface area contributed by atoms with Crippen LogP contribution in [-0.2, 0) is 19.5 Å². The van der Waals surface area contributed by atoms with Crippen LogP contribution in [0, 0.1) is 25.1 Å². The number of methoxy groups -OCH3 is 1. The number of amides is 1. The molecule has 0 bridgehead atoms. The van der Waals surface area contributed by atoms with Crippen LogP contribution < -0.4 is 9.64 Å². The number of hydrogen-bond acceptors (Lipinski definition) is 4. The molecule has 0 aliphatic carbocycles. The van der Waals surface area contributed by atoms with Gasteiger partial charge in [0, 0.05) is 48.7 Å². The second kappa shape index (κ2) is 13.2. The van der Waals surface area contributed by atoms with Crippen molar-refractivity contribution in [3.05, 3.63) is 112 Å². The summed E-state index contributed by atoms with van der Waals surface area (Å²) in [6.07, 6.45) is 3.27. The highest BCUT2D eigenvalue weighted by Gasteiger charge is 2.29. The van der Waals surface area contributed by atoms with Crippen molar-refractivity contribution in [2.24, 2.45) is 5.41 Å². The Morgan fingerprint density at radius 1 is 0.886 bits per heavy atom. The number of aromatic nitrogens is 1. The molecule has 44 heavy (non-hydrogen) atoms. The quantitative estimate of drug-likeness (QED) is 0.195. The van der Waals surface area contributed by atoms with Crippen molar-refractivity contribution in [2.45, 2.75) is 67.0 Å². The molecule has 1 aromatic heterocycles. The summed E-state index contributed by atoms with van der Waals surface area (Å²) in [5.74, 6) is 0.307. The third-order valence-electron chi connectivity index (χ3n) is 8.97. The number of aryl methyl sites for hydroxylation is 2. The van der Waals surface area contributed by atoms with Gasteiger partial charge < -0.3 is 14.5 Å². The van der Waals surface area contributed by atoms with Crippen molar-refractivity contribution >= 4 is 11.6 Å². The minimum absolute atomic E-state index is 0.0949. The fourth-order valence-electron chi connectivity index (χ4n) is 6.25. The number of rotatable bonds is 9. The molecule has 0 radical (unpaired) electrons. The lowest BCUT2D eigenvalue weighted by Crippen LogP contribution is -2.38. The molecule has 1 aliphatic heterocycles. The van der Waals surface area contributed by atoms with Crippen molar-refractivity contribution in [2.75, 3.05) is 25.1 Å². The van der Waals surface area contributed by atoms with E-state index in [1.807, 2.05) is 0 Å². The van der Waals surface area contributed by atoms with Crippen LogP contribution in [-0.4, -0.2) is 36.0 Å². The summed E-state index contributed by atoms with van der Waals surface area (Å²) in [7, 11) is 1.61. The van der Waals surface area contributed by atoms with E-state index in [9.17, 15) is 9.18 Å². The predicted molar refractivity (Wildman–Crippen MR) is 177 cm³/mol. The molecule has 1 fully saturated rings. The first-order valence-electron chi connectivity index (χ1n) is 15.6. The molecule has 3 aromatic carbocycles. The Labute approximate surface area is 261 Å². The zero-order valence-electron chi connectivity index (χ0n) is 26.9. The SMILES string of the molecule is CCc1c(C)nc(C)c(-c2ccc(CN(Cc3ccc(F)cc3)C(=O)c3ccc(OC)cc3)cc2)c1N1CCC(C)(C)CC1. The summed E-state index contributed by atoms with van der Waals surface area (Å²) in [5, 5.41) is 0. The largest absolute Gasteiger partial charge is 0.497 e. The van der Waals surface area contributed by atoms with Crippen molar-refractivity contribution in [3.63, 3.8) is 0 Å². The van der Waals surface area contributed by atoms with Crippen LogP contribution in [0.5, 0.6) is 5.75 Å². The van der Waals surface area contributed by atoms with Gasteiger partial charge >= 0.3 is 0 Å². The van der Waals surface area contributed by atoms with E-state index in [1.54, 1.807) is 48.4 Å². The van der Waals surface area contributed by atoms with Crippen LogP contribution in [0.2, 0.25) is 0 Å². The van der Waals surface area contributed by atoms with Crippen molar-refractivity contribution < 1.29 is 13.9 Å². The molecule has 0 spiro atoms. The Bertz CT molecular complexity index is 1590. The van der Waals surface area contributed by atoms with Crippen LogP contribution in [0.1, 0.15) is 72.0 Å². The van der Waals surface area contributed by atoms with Gasteiger partial charge in [0.15, 0.2) is 0 Å². The number of carbonyl (C=O) groups excluding carboxylic acids is 1. The first-order chi connectivity index (χ1) is 21.1. The van der Waals surface area contributed by atoms with Crippen LogP contribution in [0.3, 0.4) is 0 Å². The Morgan fingerprint density at radius 2 is 1.45 bits per heavy atom. The lowest BCUT2D eigenvalue weighted by molar-refractivity contribution is 0.0730. The third-order valence-corrected chi connectivity index (χ3v) is 8.97. The Morgan fingerprint density at radius 3 is 2.00 bits per heavy atom. The summed E-state index contributed by atoms with van der Waals surface area (Å²) in [6, 6.07) is 22.0. The van der Waals surface area contributed by atoms with Gasteiger partial charge in [0.2, 0.25) is 0 Å². The maximum absolute atomic E-state index is 13.7. The molecule has 4 aromatic rings. The lowest BCUT2D eigenvalue weighted by Gasteiger charge is -2.40. The predicted octanol–water partition coefficient (Wildman–Crippen LogP) is 8.54. The molecule has 0 N–H and O–H groups in total. The van der Waals surface area contributed by atoms with E-state index in [4.69, 9.17) is 9.72 Å². The van der Waals surface area contributed by atoms with Gasteiger partial charge in [-0.3, -0.25) is 9.78 Å². The molecule has 5 rings (SSSR count). The number of hydrogen-bond donors (Lipinski definition) is 0. The summed E-state index contributed by atoms with van der Waals surface area (Å²) in [5.41, 5.74) is 9.98. The van der Waals surface area contributed by atoms with Crippen LogP contribution >= 0.6 is 0 Å². The third kappa shape index (κ3) is 6.96. The zero-order chi connectivity index (χ0) is 31.4. The summed E-state index contributed by atoms with van der Waals surface area (Å²) < 4.78 is 18.9. The number of halogens is 1. The smallest absolute Gasteiger partial charge is 0.254 e. The molecule has 0 unspecified atom stereocenters. The van der Waals surface area contributed by atoms with E-state index in [0.717, 1.165) is 47.6 Å². The van der Waals surface area contributed by atoms with Gasteiger partial charge in [-0.1, -0.05) is 57.2 Å². The van der Waals surface area contributed by atoms with Gasteiger partial charge in [0.1, 0.15) is 11.6 Å². The fourth-order valence-corrected chi connectivity index (χ4v) is 6.25. The Balaban J connectivity index is 1.46. The van der Waals surface area contributed by atoms with Gasteiger partial charge in [-0.25, -0.2) is 4.39 Å². The zero-order valence-corrected chi connectivity index (χ0v) is 26.9. The second-order valence-corrected chi connectivity index (χ2v) is 12.7. The minimum atomic E-state index is -0.294. The van der Waals surface area contributed by atoms with Crippen LogP contribution in [0.15, 0.2) is 72.8 Å². The minimum Gasteiger partial charge on any atom is -0.497 e. The Hall–Kier alpha value is -4.19. The second-order valence-electron chi connectivity index (χ2n) is 12.7. The molecule has 0 atom stereocenters. The highest BCUT2D eigenvalue weighted by molar-refractivity contribution is 5.94. The van der Waals surface area contributed by atoms with E-state index in [-0.39, 0.29) is 11.7 Å². The number of benzene rings is 3. The molecule has 0 saturated carbocycles. The number of pyridine rings is 1. The standard InChI is InChI=1S/C38H44FN3O2/c1-7-34-26(2)40-27(3)35(36(34)41-22-20-38(4,5)21-23-41)30-12-8-28(9-13-30)24-42(25-29-10-16-32(39)17-11-29)37(43)31-14-18-33(44-6)19-15-31/h8-19H,7,20-25H2,1-6H3. The maximum atomic E-state index is 13.7. The molecule has 1 saturated heterocycles. The van der Waals surface area contributed by atoms with E-state index in [2.05, 4.69) is 63.8 Å². The normalized spacial score (nSPS) is 14.4. The van der Waals surface area contributed by atoms with Gasteiger partial charge in [-0.15, -0.1) is 0 Å². The van der Waals surface area contributed by atoms with Gasteiger partial charge in [0.05, 0.1) is 12.8 Å². The molecule has 1 aliphatic rings. The number of piperidine rings is 1. The average Bonchev–Trinajstić information content (AvgIpc) is 3.02. The number of ether oxygens (including phenoxy) is 1. The van der Waals surface area contributed by atoms with Gasteiger partial charge in [0.25, 0.3) is 5.91 Å².